The lowest BCUT2D eigenvalue weighted by molar-refractivity contribution is -0.130. The number of carbonyl (C=O) groups is 2. The number of carbonyl (C=O) groups excluding carboxylic acids is 2. The van der Waals surface area contributed by atoms with E-state index in [9.17, 15) is 9.59 Å². The average Bonchev–Trinajstić information content (AvgIpc) is 2.76. The lowest BCUT2D eigenvalue weighted by atomic mass is 9.54. The zero-order valence-corrected chi connectivity index (χ0v) is 21.0. The zero-order valence-electron chi connectivity index (χ0n) is 21.0. The quantitative estimate of drug-likeness (QED) is 0.651. The van der Waals surface area contributed by atoms with E-state index in [0.717, 1.165) is 62.2 Å². The van der Waals surface area contributed by atoms with Gasteiger partial charge >= 0.3 is 6.03 Å². The van der Waals surface area contributed by atoms with Crippen LogP contribution in [0.1, 0.15) is 91.4 Å². The maximum absolute atomic E-state index is 13.1. The van der Waals surface area contributed by atoms with Crippen LogP contribution in [0, 0.1) is 29.6 Å². The molecule has 5 saturated carbocycles. The molecule has 6 fully saturated rings. The molecule has 0 aromatic carbocycles. The molecule has 33 heavy (non-hydrogen) atoms. The molecule has 1 aliphatic heterocycles. The van der Waals surface area contributed by atoms with Gasteiger partial charge in [-0.15, -0.1) is 0 Å². The van der Waals surface area contributed by atoms with Crippen LogP contribution >= 0.6 is 0 Å². The Hall–Kier alpha value is -1.30. The molecule has 6 heteroatoms. The normalized spacial score (nSPS) is 38.9. The molecule has 3 amide bonds. The summed E-state index contributed by atoms with van der Waals surface area (Å²) in [6.45, 7) is 7.69. The number of ether oxygens (including phenoxy) is 1. The maximum Gasteiger partial charge on any atom is 0.317 e. The van der Waals surface area contributed by atoms with Crippen molar-refractivity contribution in [3.63, 3.8) is 0 Å². The third-order valence-electron chi connectivity index (χ3n) is 9.21. The van der Waals surface area contributed by atoms with E-state index in [-0.39, 0.29) is 29.5 Å². The third kappa shape index (κ3) is 5.52. The number of nitrogens with zero attached hydrogens (tertiary/aromatic N) is 1. The summed E-state index contributed by atoms with van der Waals surface area (Å²) in [5.74, 6) is 3.63. The van der Waals surface area contributed by atoms with E-state index in [0.29, 0.717) is 25.2 Å². The first-order valence-electron chi connectivity index (χ1n) is 13.8. The molecule has 6 aliphatic rings. The predicted molar refractivity (Wildman–Crippen MR) is 129 cm³/mol. The van der Waals surface area contributed by atoms with Crippen LogP contribution in [0.25, 0.3) is 0 Å². The van der Waals surface area contributed by atoms with Crippen molar-refractivity contribution in [1.82, 2.24) is 15.5 Å². The summed E-state index contributed by atoms with van der Waals surface area (Å²) >= 11 is 0. The zero-order chi connectivity index (χ0) is 23.2. The van der Waals surface area contributed by atoms with Crippen molar-refractivity contribution in [3.8, 4) is 0 Å². The Morgan fingerprint density at radius 3 is 1.91 bits per heavy atom. The van der Waals surface area contributed by atoms with Gasteiger partial charge in [0.15, 0.2) is 0 Å². The average molecular weight is 460 g/mol. The van der Waals surface area contributed by atoms with Crippen LogP contribution in [-0.4, -0.2) is 53.7 Å². The van der Waals surface area contributed by atoms with E-state index in [1.165, 1.54) is 32.1 Å². The maximum atomic E-state index is 13.1. The number of nitrogens with one attached hydrogen (secondary N) is 2. The summed E-state index contributed by atoms with van der Waals surface area (Å²) in [6, 6.07) is 0.717. The van der Waals surface area contributed by atoms with Crippen LogP contribution in [-0.2, 0) is 9.53 Å². The minimum absolute atomic E-state index is 0.0510. The highest BCUT2D eigenvalue weighted by Crippen LogP contribution is 2.53. The van der Waals surface area contributed by atoms with E-state index < -0.39 is 0 Å². The molecule has 4 bridgehead atoms. The number of urea groups is 1. The monoisotopic (exact) mass is 459 g/mol. The van der Waals surface area contributed by atoms with Crippen molar-refractivity contribution in [1.29, 1.82) is 0 Å². The summed E-state index contributed by atoms with van der Waals surface area (Å²) in [5, 5.41) is 6.74. The molecule has 0 atom stereocenters. The highest BCUT2D eigenvalue weighted by molar-refractivity contribution is 5.80. The van der Waals surface area contributed by atoms with Crippen LogP contribution in [0.4, 0.5) is 4.79 Å². The van der Waals surface area contributed by atoms with Gasteiger partial charge in [0.25, 0.3) is 0 Å². The van der Waals surface area contributed by atoms with Crippen LogP contribution in [0.5, 0.6) is 0 Å². The van der Waals surface area contributed by atoms with Gasteiger partial charge in [-0.3, -0.25) is 4.79 Å². The number of amides is 3. The van der Waals surface area contributed by atoms with Gasteiger partial charge in [0, 0.05) is 31.1 Å². The number of hydrogen-bond acceptors (Lipinski definition) is 3. The second-order valence-electron chi connectivity index (χ2n) is 12.9. The van der Waals surface area contributed by atoms with Gasteiger partial charge in [0.1, 0.15) is 0 Å². The smallest absolute Gasteiger partial charge is 0.317 e. The Bertz CT molecular complexity index is 689. The van der Waals surface area contributed by atoms with Crippen molar-refractivity contribution in [2.24, 2.45) is 29.6 Å². The molecular weight excluding hydrogens is 414 g/mol. The van der Waals surface area contributed by atoms with E-state index in [2.05, 4.69) is 31.4 Å². The summed E-state index contributed by atoms with van der Waals surface area (Å²) in [7, 11) is 0. The fraction of sp³-hybridized carbons (Fsp3) is 0.926. The number of likely N-dealkylation sites (tertiary alicyclic amines) is 1. The first-order valence-corrected chi connectivity index (χ1v) is 13.8. The van der Waals surface area contributed by atoms with E-state index in [4.69, 9.17) is 4.74 Å². The fourth-order valence-corrected chi connectivity index (χ4v) is 7.88. The number of piperidine rings is 1. The molecule has 0 unspecified atom stereocenters. The first kappa shape index (κ1) is 23.4. The lowest BCUT2D eigenvalue weighted by Crippen LogP contribution is -2.57. The van der Waals surface area contributed by atoms with Crippen LogP contribution < -0.4 is 10.6 Å². The lowest BCUT2D eigenvalue weighted by Gasteiger charge is -2.54. The van der Waals surface area contributed by atoms with Crippen molar-refractivity contribution in [2.75, 3.05) is 13.1 Å². The Balaban J connectivity index is 1.03. The largest absolute Gasteiger partial charge is 0.373 e. The van der Waals surface area contributed by atoms with E-state index >= 15 is 0 Å². The second kappa shape index (κ2) is 9.39. The SMILES string of the molecule is CC(C)(C)OC1CCC(NC(=O)N2CCC(C(=O)NC3C4CC5CC(C4)CC3C5)CC2)CC1. The van der Waals surface area contributed by atoms with E-state index in [1.807, 2.05) is 4.90 Å². The second-order valence-corrected chi connectivity index (χ2v) is 12.9. The molecule has 0 aromatic rings. The summed E-state index contributed by atoms with van der Waals surface area (Å²) < 4.78 is 6.11. The molecule has 0 aromatic heterocycles. The molecule has 6 rings (SSSR count). The standard InChI is InChI=1S/C27H45N3O3/c1-27(2,3)33-23-6-4-22(5-7-23)28-26(32)30-10-8-19(9-11-30)25(31)29-24-20-13-17-12-18(15-20)16-21(24)14-17/h17-24H,4-16H2,1-3H3,(H,28,32)(H,29,31). The van der Waals surface area contributed by atoms with Crippen LogP contribution in [0.2, 0.25) is 0 Å². The van der Waals surface area contributed by atoms with Crippen molar-refractivity contribution in [3.05, 3.63) is 0 Å². The molecule has 6 nitrogen and oxygen atoms in total. The van der Waals surface area contributed by atoms with Gasteiger partial charge in [-0.1, -0.05) is 0 Å². The highest BCUT2D eigenvalue weighted by atomic mass is 16.5. The van der Waals surface area contributed by atoms with Gasteiger partial charge in [-0.2, -0.15) is 0 Å². The van der Waals surface area contributed by atoms with Crippen molar-refractivity contribution in [2.45, 2.75) is 115 Å². The molecule has 1 saturated heterocycles. The van der Waals surface area contributed by atoms with Gasteiger partial charge in [0.05, 0.1) is 11.7 Å². The molecule has 5 aliphatic carbocycles. The fourth-order valence-electron chi connectivity index (χ4n) is 7.88. The van der Waals surface area contributed by atoms with Gasteiger partial charge in [-0.05, 0) is 115 Å². The minimum atomic E-state index is -0.104. The summed E-state index contributed by atoms with van der Waals surface area (Å²) in [6.07, 6.45) is 12.7. The molecule has 2 N–H and O–H groups in total. The molecule has 0 spiro atoms. The first-order chi connectivity index (χ1) is 15.7. The summed E-state index contributed by atoms with van der Waals surface area (Å²) in [5.41, 5.74) is -0.104. The molecule has 1 heterocycles. The third-order valence-corrected chi connectivity index (χ3v) is 9.21. The molecular formula is C27H45N3O3. The Labute approximate surface area is 199 Å². The Kier molecular flexibility index (Phi) is 6.67. The minimum Gasteiger partial charge on any atom is -0.373 e. The number of rotatable bonds is 4. The van der Waals surface area contributed by atoms with E-state index in [1.54, 1.807) is 0 Å². The molecule has 186 valence electrons. The topological polar surface area (TPSA) is 70.7 Å². The Morgan fingerprint density at radius 2 is 1.36 bits per heavy atom. The van der Waals surface area contributed by atoms with Crippen LogP contribution in [0.15, 0.2) is 0 Å². The van der Waals surface area contributed by atoms with Crippen LogP contribution in [0.3, 0.4) is 0 Å². The van der Waals surface area contributed by atoms with Gasteiger partial charge in [-0.25, -0.2) is 4.79 Å². The highest BCUT2D eigenvalue weighted by Gasteiger charge is 2.49. The van der Waals surface area contributed by atoms with Crippen molar-refractivity contribution >= 4 is 11.9 Å². The van der Waals surface area contributed by atoms with Gasteiger partial charge < -0.3 is 20.3 Å². The predicted octanol–water partition coefficient (Wildman–Crippen LogP) is 4.48. The van der Waals surface area contributed by atoms with Crippen molar-refractivity contribution < 1.29 is 14.3 Å². The Morgan fingerprint density at radius 1 is 0.788 bits per heavy atom. The van der Waals surface area contributed by atoms with Gasteiger partial charge in [0.2, 0.25) is 5.91 Å². The molecule has 0 radical (unpaired) electrons. The number of hydrogen-bond donors (Lipinski definition) is 2. The summed E-state index contributed by atoms with van der Waals surface area (Å²) in [4.78, 5) is 27.8.